The summed E-state index contributed by atoms with van der Waals surface area (Å²) in [6, 6.07) is 3.44. The van der Waals surface area contributed by atoms with Crippen LogP contribution in [0.3, 0.4) is 0 Å². The molecule has 0 aromatic heterocycles. The van der Waals surface area contributed by atoms with Crippen molar-refractivity contribution in [2.75, 3.05) is 0 Å². The molecular weight excluding hydrogens is 352 g/mol. The van der Waals surface area contributed by atoms with Crippen molar-refractivity contribution in [2.45, 2.75) is 24.3 Å². The van der Waals surface area contributed by atoms with Crippen LogP contribution in [0.25, 0.3) is 0 Å². The normalized spacial score (nSPS) is 12.2. The van der Waals surface area contributed by atoms with Gasteiger partial charge in [0.2, 0.25) is 15.9 Å². The number of sulfonamides is 1. The topological polar surface area (TPSA) is 127 Å². The average Bonchev–Trinajstić information content (AvgIpc) is 2.26. The van der Waals surface area contributed by atoms with Crippen LogP contribution in [0.4, 0.5) is 0 Å². The van der Waals surface area contributed by atoms with E-state index >= 15 is 0 Å². The number of carbonyl (C=O) groups is 2. The number of carboxylic acid groups (broad SMARTS) is 1. The Labute approximate surface area is 124 Å². The number of rotatable bonds is 5. The minimum atomic E-state index is -4.03. The maximum atomic E-state index is 12.2. The van der Waals surface area contributed by atoms with Gasteiger partial charge in [-0.3, -0.25) is 4.79 Å². The number of primary amides is 1. The number of carboxylic acids is 1. The second-order valence-electron chi connectivity index (χ2n) is 4.55. The number of hydrogen-bond acceptors (Lipinski definition) is 4. The molecule has 110 valence electrons. The first-order chi connectivity index (χ1) is 8.97. The van der Waals surface area contributed by atoms with Crippen molar-refractivity contribution < 1.29 is 23.1 Å². The molecule has 1 aromatic carbocycles. The third-order valence-corrected chi connectivity index (χ3v) is 5.11. The van der Waals surface area contributed by atoms with Gasteiger partial charge in [0.25, 0.3) is 0 Å². The molecule has 0 fully saturated rings. The fourth-order valence-electron chi connectivity index (χ4n) is 1.29. The van der Waals surface area contributed by atoms with Gasteiger partial charge in [-0.05, 0) is 48.0 Å². The molecule has 0 radical (unpaired) electrons. The standard InChI is InChI=1S/C11H13BrN2O5S/c1-11(2,10(13)17)14-20(18,19)8-4-3-6(9(15)16)5-7(8)12/h3-5,14H,1-2H3,(H2,13,17)(H,15,16). The van der Waals surface area contributed by atoms with Gasteiger partial charge < -0.3 is 10.8 Å². The van der Waals surface area contributed by atoms with Crippen molar-refractivity contribution in [2.24, 2.45) is 5.73 Å². The fourth-order valence-corrected chi connectivity index (χ4v) is 3.76. The van der Waals surface area contributed by atoms with E-state index in [0.29, 0.717) is 0 Å². The Morgan fingerprint density at radius 3 is 2.30 bits per heavy atom. The molecule has 0 unspecified atom stereocenters. The molecule has 0 spiro atoms. The van der Waals surface area contributed by atoms with E-state index in [-0.39, 0.29) is 14.9 Å². The summed E-state index contributed by atoms with van der Waals surface area (Å²) in [7, 11) is -4.03. The van der Waals surface area contributed by atoms with Gasteiger partial charge in [-0.15, -0.1) is 0 Å². The van der Waals surface area contributed by atoms with Crippen LogP contribution in [0, 0.1) is 0 Å². The number of halogens is 1. The minimum absolute atomic E-state index is 0.0648. The van der Waals surface area contributed by atoms with Crippen LogP contribution in [-0.4, -0.2) is 30.9 Å². The molecule has 0 heterocycles. The molecule has 0 atom stereocenters. The van der Waals surface area contributed by atoms with Gasteiger partial charge in [-0.2, -0.15) is 4.72 Å². The molecule has 4 N–H and O–H groups in total. The minimum Gasteiger partial charge on any atom is -0.478 e. The van der Waals surface area contributed by atoms with Crippen molar-refractivity contribution in [3.8, 4) is 0 Å². The Kier molecular flexibility index (Phi) is 4.57. The molecule has 0 aliphatic rings. The molecule has 1 aromatic rings. The number of nitrogens with two attached hydrogens (primary N) is 1. The maximum Gasteiger partial charge on any atom is 0.335 e. The first kappa shape index (κ1) is 16.6. The van der Waals surface area contributed by atoms with Gasteiger partial charge >= 0.3 is 5.97 Å². The third kappa shape index (κ3) is 3.56. The Balaban J connectivity index is 3.24. The van der Waals surface area contributed by atoms with Gasteiger partial charge in [-0.1, -0.05) is 0 Å². The van der Waals surface area contributed by atoms with Crippen LogP contribution in [-0.2, 0) is 14.8 Å². The zero-order chi connectivity index (χ0) is 15.7. The lowest BCUT2D eigenvalue weighted by Crippen LogP contribution is -2.52. The van der Waals surface area contributed by atoms with Crippen LogP contribution >= 0.6 is 15.9 Å². The van der Waals surface area contributed by atoms with E-state index in [2.05, 4.69) is 20.7 Å². The summed E-state index contributed by atoms with van der Waals surface area (Å²) >= 11 is 3.00. The summed E-state index contributed by atoms with van der Waals surface area (Å²) in [5.74, 6) is -2.01. The molecule has 0 aliphatic heterocycles. The lowest BCUT2D eigenvalue weighted by molar-refractivity contribution is -0.122. The highest BCUT2D eigenvalue weighted by atomic mass is 79.9. The van der Waals surface area contributed by atoms with Crippen molar-refractivity contribution >= 4 is 37.8 Å². The van der Waals surface area contributed by atoms with E-state index in [9.17, 15) is 18.0 Å². The number of benzene rings is 1. The van der Waals surface area contributed by atoms with Crippen molar-refractivity contribution in [3.05, 3.63) is 28.2 Å². The molecule has 20 heavy (non-hydrogen) atoms. The van der Waals surface area contributed by atoms with E-state index in [0.717, 1.165) is 18.2 Å². The molecule has 0 bridgehead atoms. The van der Waals surface area contributed by atoms with Crippen LogP contribution in [0.1, 0.15) is 24.2 Å². The van der Waals surface area contributed by atoms with Crippen molar-refractivity contribution in [1.29, 1.82) is 0 Å². The molecule has 7 nitrogen and oxygen atoms in total. The summed E-state index contributed by atoms with van der Waals surface area (Å²) in [4.78, 5) is 21.8. The van der Waals surface area contributed by atoms with Gasteiger partial charge in [0.15, 0.2) is 0 Å². The summed E-state index contributed by atoms with van der Waals surface area (Å²) in [5, 5.41) is 8.82. The highest BCUT2D eigenvalue weighted by Gasteiger charge is 2.32. The van der Waals surface area contributed by atoms with E-state index in [1.165, 1.54) is 13.8 Å². The SMILES string of the molecule is CC(C)(NS(=O)(=O)c1ccc(C(=O)O)cc1Br)C(N)=O. The largest absolute Gasteiger partial charge is 0.478 e. The smallest absolute Gasteiger partial charge is 0.335 e. The molecule has 0 saturated heterocycles. The lowest BCUT2D eigenvalue weighted by Gasteiger charge is -2.22. The molecule has 0 aliphatic carbocycles. The Morgan fingerprint density at radius 1 is 1.35 bits per heavy atom. The predicted octanol–water partition coefficient (Wildman–Crippen LogP) is 0.690. The van der Waals surface area contributed by atoms with Gasteiger partial charge in [0, 0.05) is 4.47 Å². The first-order valence-electron chi connectivity index (χ1n) is 5.34. The number of carbonyl (C=O) groups excluding carboxylic acids is 1. The quantitative estimate of drug-likeness (QED) is 0.708. The summed E-state index contributed by atoms with van der Waals surface area (Å²) in [5.41, 5.74) is 3.57. The Morgan fingerprint density at radius 2 is 1.90 bits per heavy atom. The molecule has 1 rings (SSSR count). The summed E-state index contributed by atoms with van der Waals surface area (Å²) in [6.07, 6.45) is 0. The van der Waals surface area contributed by atoms with Gasteiger partial charge in [0.1, 0.15) is 5.54 Å². The molecule has 1 amide bonds. The van der Waals surface area contributed by atoms with E-state index in [4.69, 9.17) is 10.8 Å². The maximum absolute atomic E-state index is 12.2. The Hall–Kier alpha value is -1.45. The van der Waals surface area contributed by atoms with Crippen molar-refractivity contribution in [3.63, 3.8) is 0 Å². The second-order valence-corrected chi connectivity index (χ2v) is 7.05. The lowest BCUT2D eigenvalue weighted by atomic mass is 10.1. The predicted molar refractivity (Wildman–Crippen MR) is 74.7 cm³/mol. The van der Waals surface area contributed by atoms with Crippen LogP contribution in [0.15, 0.2) is 27.6 Å². The molecule has 9 heteroatoms. The average molecular weight is 365 g/mol. The highest BCUT2D eigenvalue weighted by Crippen LogP contribution is 2.24. The first-order valence-corrected chi connectivity index (χ1v) is 7.62. The number of hydrogen-bond donors (Lipinski definition) is 3. The number of nitrogens with one attached hydrogen (secondary N) is 1. The highest BCUT2D eigenvalue weighted by molar-refractivity contribution is 9.10. The van der Waals surface area contributed by atoms with Crippen molar-refractivity contribution in [1.82, 2.24) is 4.72 Å². The Bertz CT molecular complexity index is 669. The zero-order valence-electron chi connectivity index (χ0n) is 10.7. The second kappa shape index (κ2) is 5.51. The van der Waals surface area contributed by atoms with E-state index in [1.54, 1.807) is 0 Å². The molecule has 0 saturated carbocycles. The van der Waals surface area contributed by atoms with Gasteiger partial charge in [0.05, 0.1) is 10.5 Å². The zero-order valence-corrected chi connectivity index (χ0v) is 13.1. The summed E-state index contributed by atoms with van der Waals surface area (Å²) in [6.45, 7) is 2.65. The van der Waals surface area contributed by atoms with Crippen LogP contribution < -0.4 is 10.5 Å². The van der Waals surface area contributed by atoms with Crippen LogP contribution in [0.2, 0.25) is 0 Å². The van der Waals surface area contributed by atoms with E-state index < -0.39 is 27.4 Å². The number of amides is 1. The monoisotopic (exact) mass is 364 g/mol. The third-order valence-electron chi connectivity index (χ3n) is 2.47. The molecular formula is C11H13BrN2O5S. The van der Waals surface area contributed by atoms with Crippen LogP contribution in [0.5, 0.6) is 0 Å². The number of aromatic carboxylic acids is 1. The fraction of sp³-hybridized carbons (Fsp3) is 0.273. The van der Waals surface area contributed by atoms with Gasteiger partial charge in [-0.25, -0.2) is 13.2 Å². The van der Waals surface area contributed by atoms with E-state index in [1.807, 2.05) is 0 Å². The summed E-state index contributed by atoms with van der Waals surface area (Å²) < 4.78 is 26.5.